The fourth-order valence-corrected chi connectivity index (χ4v) is 6.15. The lowest BCUT2D eigenvalue weighted by Gasteiger charge is -2.27. The summed E-state index contributed by atoms with van der Waals surface area (Å²) in [6.07, 6.45) is 3.66. The second-order valence-corrected chi connectivity index (χ2v) is 11.8. The Balaban J connectivity index is 1.46. The molecule has 0 unspecified atom stereocenters. The molecule has 0 N–H and O–H groups in total. The molecule has 8 nitrogen and oxygen atoms in total. The summed E-state index contributed by atoms with van der Waals surface area (Å²) in [7, 11) is 1.74. The Hall–Kier alpha value is -3.82. The maximum atomic E-state index is 13.3. The molecule has 1 aliphatic rings. The van der Waals surface area contributed by atoms with Gasteiger partial charge in [0.15, 0.2) is 0 Å². The SMILES string of the molecule is CCN1C(=O)C(C)(C)C(=O)N(C)c2cc(CN(CCn3ccc4sccc4c3=O)Cc3cccnc3C)ccc21. The second-order valence-electron chi connectivity index (χ2n) is 10.8. The fourth-order valence-electron chi connectivity index (χ4n) is 5.37. The van der Waals surface area contributed by atoms with E-state index >= 15 is 0 Å². The summed E-state index contributed by atoms with van der Waals surface area (Å²) in [4.78, 5) is 49.7. The molecule has 4 heterocycles. The maximum Gasteiger partial charge on any atom is 0.259 e. The van der Waals surface area contributed by atoms with Gasteiger partial charge in [-0.25, -0.2) is 0 Å². The van der Waals surface area contributed by atoms with Crippen molar-refractivity contribution in [3.63, 3.8) is 0 Å². The third-order valence-electron chi connectivity index (χ3n) is 7.79. The lowest BCUT2D eigenvalue weighted by molar-refractivity contribution is -0.137. The molecule has 0 radical (unpaired) electrons. The first-order chi connectivity index (χ1) is 19.1. The molecule has 4 aromatic rings. The number of hydrogen-bond donors (Lipinski definition) is 0. The highest BCUT2D eigenvalue weighted by atomic mass is 32.1. The first kappa shape index (κ1) is 27.7. The van der Waals surface area contributed by atoms with Gasteiger partial charge in [-0.05, 0) is 74.5 Å². The number of pyridine rings is 2. The second kappa shape index (κ2) is 11.0. The summed E-state index contributed by atoms with van der Waals surface area (Å²) in [5.41, 5.74) is 3.44. The van der Waals surface area contributed by atoms with Gasteiger partial charge in [0.2, 0.25) is 11.8 Å². The first-order valence-corrected chi connectivity index (χ1v) is 14.4. The molecule has 40 heavy (non-hydrogen) atoms. The molecule has 0 bridgehead atoms. The van der Waals surface area contributed by atoms with Crippen molar-refractivity contribution in [1.82, 2.24) is 14.5 Å². The molecule has 9 heteroatoms. The Morgan fingerprint density at radius 2 is 1.80 bits per heavy atom. The van der Waals surface area contributed by atoms with Gasteiger partial charge in [-0.2, -0.15) is 0 Å². The van der Waals surface area contributed by atoms with Crippen LogP contribution in [0, 0.1) is 12.3 Å². The quantitative estimate of drug-likeness (QED) is 0.290. The minimum atomic E-state index is -1.15. The number of thiophene rings is 1. The van der Waals surface area contributed by atoms with Crippen molar-refractivity contribution in [2.75, 3.05) is 29.9 Å². The average molecular weight is 558 g/mol. The van der Waals surface area contributed by atoms with Crippen LogP contribution in [0.2, 0.25) is 0 Å². The number of nitrogens with zero attached hydrogens (tertiary/aromatic N) is 5. The Morgan fingerprint density at radius 1 is 1.00 bits per heavy atom. The van der Waals surface area contributed by atoms with Crippen LogP contribution in [0.4, 0.5) is 11.4 Å². The van der Waals surface area contributed by atoms with Crippen LogP contribution in [0.5, 0.6) is 0 Å². The van der Waals surface area contributed by atoms with E-state index in [9.17, 15) is 14.4 Å². The lowest BCUT2D eigenvalue weighted by atomic mass is 9.90. The first-order valence-electron chi connectivity index (χ1n) is 13.5. The van der Waals surface area contributed by atoms with E-state index in [-0.39, 0.29) is 17.4 Å². The molecule has 2 amide bonds. The van der Waals surface area contributed by atoms with Crippen molar-refractivity contribution in [2.24, 2.45) is 5.41 Å². The molecule has 0 fully saturated rings. The zero-order chi connectivity index (χ0) is 28.6. The van der Waals surface area contributed by atoms with Crippen molar-refractivity contribution < 1.29 is 9.59 Å². The van der Waals surface area contributed by atoms with Crippen LogP contribution in [0.25, 0.3) is 10.1 Å². The summed E-state index contributed by atoms with van der Waals surface area (Å²) in [5.74, 6) is -0.419. The largest absolute Gasteiger partial charge is 0.314 e. The molecule has 0 atom stereocenters. The smallest absolute Gasteiger partial charge is 0.259 e. The topological polar surface area (TPSA) is 78.8 Å². The number of hydrogen-bond acceptors (Lipinski definition) is 6. The predicted octanol–water partition coefficient (Wildman–Crippen LogP) is 4.82. The lowest BCUT2D eigenvalue weighted by Crippen LogP contribution is -2.47. The van der Waals surface area contributed by atoms with Gasteiger partial charge in [0.1, 0.15) is 5.41 Å². The highest BCUT2D eigenvalue weighted by molar-refractivity contribution is 7.17. The van der Waals surface area contributed by atoms with E-state index in [1.54, 1.807) is 52.8 Å². The van der Waals surface area contributed by atoms with Gasteiger partial charge in [0, 0.05) is 62.6 Å². The summed E-state index contributed by atoms with van der Waals surface area (Å²) >= 11 is 1.57. The molecule has 3 aromatic heterocycles. The van der Waals surface area contributed by atoms with E-state index in [1.807, 2.05) is 61.8 Å². The van der Waals surface area contributed by atoms with Gasteiger partial charge < -0.3 is 14.4 Å². The molecule has 208 valence electrons. The van der Waals surface area contributed by atoms with Crippen molar-refractivity contribution in [3.05, 3.63) is 87.4 Å². The Labute approximate surface area is 238 Å². The fraction of sp³-hybridized carbons (Fsp3) is 0.355. The highest BCUT2D eigenvalue weighted by Crippen LogP contribution is 2.39. The number of rotatable bonds is 8. The van der Waals surface area contributed by atoms with Crippen LogP contribution in [0.15, 0.2) is 65.0 Å². The minimum absolute atomic E-state index is 0.0216. The molecule has 0 spiro atoms. The van der Waals surface area contributed by atoms with E-state index in [0.717, 1.165) is 38.3 Å². The normalized spacial score (nSPS) is 15.2. The Morgan fingerprint density at radius 3 is 2.55 bits per heavy atom. The number of carbonyl (C=O) groups is 2. The molecule has 0 saturated carbocycles. The van der Waals surface area contributed by atoms with E-state index in [0.29, 0.717) is 32.7 Å². The van der Waals surface area contributed by atoms with E-state index in [4.69, 9.17) is 0 Å². The molecular formula is C31H35N5O3S. The zero-order valence-corrected chi connectivity index (χ0v) is 24.5. The summed E-state index contributed by atoms with van der Waals surface area (Å²) in [5, 5.41) is 2.70. The number of anilines is 2. The van der Waals surface area contributed by atoms with Crippen molar-refractivity contribution in [1.29, 1.82) is 0 Å². The third-order valence-corrected chi connectivity index (χ3v) is 8.68. The predicted molar refractivity (Wildman–Crippen MR) is 161 cm³/mol. The van der Waals surface area contributed by atoms with E-state index < -0.39 is 5.41 Å². The van der Waals surface area contributed by atoms with Gasteiger partial charge in [0.05, 0.1) is 16.8 Å². The Bertz CT molecular complexity index is 1640. The number of benzene rings is 1. The number of amides is 2. The van der Waals surface area contributed by atoms with Gasteiger partial charge in [-0.15, -0.1) is 11.3 Å². The standard InChI is InChI=1S/C31H35N5O3S/c1-6-36-25-10-9-22(18-26(25)33(5)29(38)31(3,4)30(36)39)19-34(20-23-8-7-13-32-21(23)2)15-16-35-14-11-27-24(28(35)37)12-17-40-27/h7-14,17-18H,6,15-16,19-20H2,1-5H3. The van der Waals surface area contributed by atoms with E-state index in [1.165, 1.54) is 0 Å². The third kappa shape index (κ3) is 5.07. The summed E-state index contributed by atoms with van der Waals surface area (Å²) in [6.45, 7) is 10.2. The van der Waals surface area contributed by atoms with Crippen LogP contribution in [0.3, 0.4) is 0 Å². The molecular weight excluding hydrogens is 522 g/mol. The van der Waals surface area contributed by atoms with Crippen LogP contribution in [0.1, 0.15) is 37.6 Å². The van der Waals surface area contributed by atoms with Crippen LogP contribution in [-0.4, -0.2) is 46.4 Å². The van der Waals surface area contributed by atoms with Crippen molar-refractivity contribution in [3.8, 4) is 0 Å². The van der Waals surface area contributed by atoms with Crippen LogP contribution in [-0.2, 0) is 29.2 Å². The zero-order valence-electron chi connectivity index (χ0n) is 23.7. The monoisotopic (exact) mass is 557 g/mol. The van der Waals surface area contributed by atoms with Crippen molar-refractivity contribution >= 4 is 44.6 Å². The molecule has 1 aromatic carbocycles. The number of aromatic nitrogens is 2. The highest BCUT2D eigenvalue weighted by Gasteiger charge is 2.45. The van der Waals surface area contributed by atoms with Gasteiger partial charge in [0.25, 0.3) is 5.56 Å². The molecule has 0 saturated heterocycles. The van der Waals surface area contributed by atoms with Crippen LogP contribution < -0.4 is 15.4 Å². The maximum absolute atomic E-state index is 13.3. The van der Waals surface area contributed by atoms with Gasteiger partial charge in [-0.3, -0.25) is 24.3 Å². The van der Waals surface area contributed by atoms with Gasteiger partial charge >= 0.3 is 0 Å². The Kier molecular flexibility index (Phi) is 7.61. The number of aryl methyl sites for hydroxylation is 1. The van der Waals surface area contributed by atoms with Crippen LogP contribution >= 0.6 is 11.3 Å². The van der Waals surface area contributed by atoms with E-state index in [2.05, 4.69) is 16.0 Å². The number of carbonyl (C=O) groups excluding carboxylic acids is 2. The summed E-state index contributed by atoms with van der Waals surface area (Å²) in [6, 6.07) is 13.9. The summed E-state index contributed by atoms with van der Waals surface area (Å²) < 4.78 is 2.77. The number of fused-ring (bicyclic) bond motifs is 2. The van der Waals surface area contributed by atoms with Crippen molar-refractivity contribution in [2.45, 2.75) is 47.3 Å². The molecule has 0 aliphatic carbocycles. The molecule has 1 aliphatic heterocycles. The van der Waals surface area contributed by atoms with Gasteiger partial charge in [-0.1, -0.05) is 12.1 Å². The minimum Gasteiger partial charge on any atom is -0.314 e. The molecule has 5 rings (SSSR count). The average Bonchev–Trinajstić information content (AvgIpc) is 3.42.